The maximum Gasteiger partial charge on any atom is 0.141 e. The van der Waals surface area contributed by atoms with Crippen LogP contribution in [0.3, 0.4) is 0 Å². The van der Waals surface area contributed by atoms with Gasteiger partial charge in [0.25, 0.3) is 0 Å². The van der Waals surface area contributed by atoms with Crippen LogP contribution in [0, 0.1) is 17.8 Å². The van der Waals surface area contributed by atoms with Crippen molar-refractivity contribution >= 4 is 5.69 Å². The van der Waals surface area contributed by atoms with Crippen molar-refractivity contribution in [3.8, 4) is 16.9 Å². The molecule has 2 nitrogen and oxygen atoms in total. The number of rotatable bonds is 5. The molecule has 2 aromatic rings. The fourth-order valence-corrected chi connectivity index (χ4v) is 4.03. The monoisotopic (exact) mass is 305 g/mol. The molecule has 2 aliphatic carbocycles. The Hall–Kier alpha value is -2.22. The summed E-state index contributed by atoms with van der Waals surface area (Å²) in [5, 5.41) is 3.64. The minimum absolute atomic E-state index is 0.759. The third-order valence-corrected chi connectivity index (χ3v) is 5.28. The maximum absolute atomic E-state index is 5.54. The van der Waals surface area contributed by atoms with Gasteiger partial charge in [0.05, 0.1) is 12.8 Å². The summed E-state index contributed by atoms with van der Waals surface area (Å²) in [4.78, 5) is 0. The SMILES string of the molecule is COc1ccc(-c2ccccc2)cc1NC[C@@H]1C[C@H]2C=C[C@H]1C2. The van der Waals surface area contributed by atoms with E-state index in [-0.39, 0.29) is 0 Å². The summed E-state index contributed by atoms with van der Waals surface area (Å²) in [7, 11) is 1.74. The summed E-state index contributed by atoms with van der Waals surface area (Å²) in [5.74, 6) is 3.28. The summed E-state index contributed by atoms with van der Waals surface area (Å²) in [6.07, 6.45) is 7.50. The number of fused-ring (bicyclic) bond motifs is 2. The number of hydrogen-bond donors (Lipinski definition) is 1. The smallest absolute Gasteiger partial charge is 0.141 e. The largest absolute Gasteiger partial charge is 0.495 e. The number of ether oxygens (including phenoxy) is 1. The first kappa shape index (κ1) is 14.4. The fourth-order valence-electron chi connectivity index (χ4n) is 4.03. The van der Waals surface area contributed by atoms with Gasteiger partial charge in [-0.1, -0.05) is 48.6 Å². The van der Waals surface area contributed by atoms with Crippen molar-refractivity contribution in [2.45, 2.75) is 12.8 Å². The molecule has 0 aromatic heterocycles. The van der Waals surface area contributed by atoms with E-state index < -0.39 is 0 Å². The van der Waals surface area contributed by atoms with E-state index in [4.69, 9.17) is 4.74 Å². The van der Waals surface area contributed by atoms with E-state index in [1.165, 1.54) is 24.0 Å². The van der Waals surface area contributed by atoms with Gasteiger partial charge < -0.3 is 10.1 Å². The van der Waals surface area contributed by atoms with E-state index in [1.54, 1.807) is 7.11 Å². The van der Waals surface area contributed by atoms with Crippen molar-refractivity contribution < 1.29 is 4.74 Å². The van der Waals surface area contributed by atoms with Gasteiger partial charge >= 0.3 is 0 Å². The van der Waals surface area contributed by atoms with Gasteiger partial charge in [-0.15, -0.1) is 0 Å². The lowest BCUT2D eigenvalue weighted by Gasteiger charge is -2.20. The van der Waals surface area contributed by atoms with Crippen LogP contribution in [0.5, 0.6) is 5.75 Å². The van der Waals surface area contributed by atoms with Crippen molar-refractivity contribution in [2.24, 2.45) is 17.8 Å². The number of nitrogens with one attached hydrogen (secondary N) is 1. The molecule has 0 heterocycles. The molecular weight excluding hydrogens is 282 g/mol. The lowest BCUT2D eigenvalue weighted by molar-refractivity contribution is 0.415. The zero-order valence-electron chi connectivity index (χ0n) is 13.5. The van der Waals surface area contributed by atoms with Gasteiger partial charge in [0.1, 0.15) is 5.75 Å². The Morgan fingerprint density at radius 3 is 2.57 bits per heavy atom. The number of benzene rings is 2. The van der Waals surface area contributed by atoms with Crippen molar-refractivity contribution in [1.82, 2.24) is 0 Å². The van der Waals surface area contributed by atoms with Crippen LogP contribution in [0.15, 0.2) is 60.7 Å². The van der Waals surface area contributed by atoms with Gasteiger partial charge in [-0.3, -0.25) is 0 Å². The molecule has 3 atom stereocenters. The van der Waals surface area contributed by atoms with Crippen LogP contribution in [0.25, 0.3) is 11.1 Å². The molecule has 2 heteroatoms. The average molecular weight is 305 g/mol. The zero-order valence-corrected chi connectivity index (χ0v) is 13.5. The summed E-state index contributed by atoms with van der Waals surface area (Å²) in [5.41, 5.74) is 3.56. The van der Waals surface area contributed by atoms with Crippen LogP contribution in [0.4, 0.5) is 5.69 Å². The third-order valence-electron chi connectivity index (χ3n) is 5.28. The Bertz CT molecular complexity index is 707. The number of hydrogen-bond acceptors (Lipinski definition) is 2. The van der Waals surface area contributed by atoms with E-state index in [1.807, 2.05) is 0 Å². The molecule has 0 unspecified atom stereocenters. The summed E-state index contributed by atoms with van der Waals surface area (Å²) >= 11 is 0. The van der Waals surface area contributed by atoms with Crippen LogP contribution >= 0.6 is 0 Å². The molecule has 2 aromatic carbocycles. The van der Waals surface area contributed by atoms with Crippen molar-refractivity contribution in [2.75, 3.05) is 19.0 Å². The van der Waals surface area contributed by atoms with Gasteiger partial charge in [0.15, 0.2) is 0 Å². The fraction of sp³-hybridized carbons (Fsp3) is 0.333. The molecule has 1 N–H and O–H groups in total. The van der Waals surface area contributed by atoms with Crippen LogP contribution in [-0.2, 0) is 0 Å². The second kappa shape index (κ2) is 6.11. The van der Waals surface area contributed by atoms with E-state index in [0.717, 1.165) is 35.7 Å². The van der Waals surface area contributed by atoms with Crippen LogP contribution < -0.4 is 10.1 Å². The quantitative estimate of drug-likeness (QED) is 0.786. The highest BCUT2D eigenvalue weighted by Crippen LogP contribution is 2.43. The lowest BCUT2D eigenvalue weighted by atomic mass is 9.93. The van der Waals surface area contributed by atoms with E-state index >= 15 is 0 Å². The highest BCUT2D eigenvalue weighted by Gasteiger charge is 2.35. The molecule has 118 valence electrons. The first-order chi connectivity index (χ1) is 11.3. The highest BCUT2D eigenvalue weighted by molar-refractivity contribution is 5.72. The summed E-state index contributed by atoms with van der Waals surface area (Å²) in [6.45, 7) is 1.03. The topological polar surface area (TPSA) is 21.3 Å². The molecule has 0 amide bonds. The van der Waals surface area contributed by atoms with Gasteiger partial charge in [-0.05, 0) is 53.9 Å². The number of methoxy groups -OCH3 is 1. The minimum atomic E-state index is 0.759. The van der Waals surface area contributed by atoms with Crippen molar-refractivity contribution in [3.05, 3.63) is 60.7 Å². The van der Waals surface area contributed by atoms with Gasteiger partial charge in [0, 0.05) is 6.54 Å². The zero-order chi connectivity index (χ0) is 15.6. The summed E-state index contributed by atoms with van der Waals surface area (Å²) < 4.78 is 5.54. The van der Waals surface area contributed by atoms with Gasteiger partial charge in [-0.25, -0.2) is 0 Å². The summed E-state index contributed by atoms with van der Waals surface area (Å²) in [6, 6.07) is 16.9. The third kappa shape index (κ3) is 2.86. The van der Waals surface area contributed by atoms with Crippen molar-refractivity contribution in [1.29, 1.82) is 0 Å². The predicted octanol–water partition coefficient (Wildman–Crippen LogP) is 4.99. The predicted molar refractivity (Wildman–Crippen MR) is 95.8 cm³/mol. The molecule has 0 spiro atoms. The Labute approximate surface area is 138 Å². The van der Waals surface area contributed by atoms with E-state index in [2.05, 4.69) is 66.0 Å². The molecule has 0 radical (unpaired) electrons. The second-order valence-electron chi connectivity index (χ2n) is 6.70. The lowest BCUT2D eigenvalue weighted by Crippen LogP contribution is -2.18. The molecule has 2 aliphatic rings. The highest BCUT2D eigenvalue weighted by atomic mass is 16.5. The van der Waals surface area contributed by atoms with E-state index in [9.17, 15) is 0 Å². The van der Waals surface area contributed by atoms with Gasteiger partial charge in [-0.2, -0.15) is 0 Å². The molecule has 0 saturated heterocycles. The van der Waals surface area contributed by atoms with Gasteiger partial charge in [0.2, 0.25) is 0 Å². The molecule has 4 rings (SSSR count). The van der Waals surface area contributed by atoms with Crippen molar-refractivity contribution in [3.63, 3.8) is 0 Å². The molecule has 0 aliphatic heterocycles. The first-order valence-electron chi connectivity index (χ1n) is 8.49. The molecule has 2 bridgehead atoms. The Morgan fingerprint density at radius 2 is 1.87 bits per heavy atom. The Balaban J connectivity index is 1.53. The van der Waals surface area contributed by atoms with Crippen LogP contribution in [0.2, 0.25) is 0 Å². The molecule has 1 saturated carbocycles. The molecular formula is C21H23NO. The molecule has 23 heavy (non-hydrogen) atoms. The van der Waals surface area contributed by atoms with E-state index in [0.29, 0.717) is 0 Å². The van der Waals surface area contributed by atoms with Crippen LogP contribution in [-0.4, -0.2) is 13.7 Å². The Kier molecular flexibility index (Phi) is 3.82. The average Bonchev–Trinajstić information content (AvgIpc) is 3.23. The molecule has 1 fully saturated rings. The Morgan fingerprint density at radius 1 is 1.00 bits per heavy atom. The standard InChI is InChI=1S/C21H23NO/c1-23-21-10-9-18(16-5-3-2-4-6-16)13-20(21)22-14-19-12-15-7-8-17(19)11-15/h2-10,13,15,17,19,22H,11-12,14H2,1H3/t15-,17-,19-/m0/s1. The maximum atomic E-state index is 5.54. The minimum Gasteiger partial charge on any atom is -0.495 e. The normalized spacial score (nSPS) is 24.8. The van der Waals surface area contributed by atoms with Crippen LogP contribution in [0.1, 0.15) is 12.8 Å². The number of anilines is 1. The number of allylic oxidation sites excluding steroid dienone is 2. The second-order valence-corrected chi connectivity index (χ2v) is 6.70. The first-order valence-corrected chi connectivity index (χ1v) is 8.49.